The number of hydrogen-bond donors (Lipinski definition) is 0. The molecule has 142 valence electrons. The van der Waals surface area contributed by atoms with Crippen molar-refractivity contribution >= 4 is 33.2 Å². The van der Waals surface area contributed by atoms with Crippen LogP contribution in [-0.2, 0) is 0 Å². The summed E-state index contributed by atoms with van der Waals surface area (Å²) in [5.74, 6) is 0. The number of aromatic nitrogens is 5. The maximum Gasteiger partial charge on any atom is 0.269 e. The highest BCUT2D eigenvalue weighted by Gasteiger charge is 2.26. The summed E-state index contributed by atoms with van der Waals surface area (Å²) in [6.45, 7) is 0. The van der Waals surface area contributed by atoms with Crippen molar-refractivity contribution in [3.05, 3.63) is 71.3 Å². The molecule has 0 aliphatic heterocycles. The topological polar surface area (TPSA) is 65.6 Å². The highest BCUT2D eigenvalue weighted by molar-refractivity contribution is 6.04. The summed E-state index contributed by atoms with van der Waals surface area (Å²) in [4.78, 5) is 28.1. The van der Waals surface area contributed by atoms with E-state index in [0.29, 0.717) is 22.6 Å². The number of fused-ring (bicyclic) bond motifs is 4. The van der Waals surface area contributed by atoms with Gasteiger partial charge in [0.15, 0.2) is 11.3 Å². The van der Waals surface area contributed by atoms with Gasteiger partial charge >= 0.3 is 0 Å². The highest BCUT2D eigenvalue weighted by atomic mass is 16.1. The minimum atomic E-state index is -0.104. The molecular weight excluding hydrogens is 362 g/mol. The molecule has 0 radical (unpaired) electrons. The van der Waals surface area contributed by atoms with Crippen LogP contribution < -0.4 is 5.56 Å². The average molecular weight is 381 g/mol. The van der Waals surface area contributed by atoms with Crippen molar-refractivity contribution in [1.29, 1.82) is 0 Å². The number of para-hydroxylation sites is 3. The van der Waals surface area contributed by atoms with Gasteiger partial charge in [0, 0.05) is 6.04 Å². The molecule has 0 unspecified atom stereocenters. The van der Waals surface area contributed by atoms with E-state index in [1.807, 2.05) is 54.6 Å². The van der Waals surface area contributed by atoms with Gasteiger partial charge in [-0.3, -0.25) is 9.36 Å². The summed E-state index contributed by atoms with van der Waals surface area (Å²) in [5, 5.41) is 0.552. The lowest BCUT2D eigenvalue weighted by Crippen LogP contribution is -2.19. The van der Waals surface area contributed by atoms with Gasteiger partial charge in [0.25, 0.3) is 5.56 Å². The molecule has 3 heterocycles. The normalized spacial score (nSPS) is 15.0. The maximum absolute atomic E-state index is 13.5. The Morgan fingerprint density at radius 3 is 2.28 bits per heavy atom. The van der Waals surface area contributed by atoms with Crippen molar-refractivity contribution in [2.45, 2.75) is 31.7 Å². The van der Waals surface area contributed by atoms with Crippen LogP contribution in [0.25, 0.3) is 38.9 Å². The number of hydrogen-bond acceptors (Lipinski definition) is 4. The van der Waals surface area contributed by atoms with E-state index >= 15 is 0 Å². The van der Waals surface area contributed by atoms with Gasteiger partial charge in [0.05, 0.1) is 16.7 Å². The van der Waals surface area contributed by atoms with Gasteiger partial charge in [0.2, 0.25) is 0 Å². The summed E-state index contributed by atoms with van der Waals surface area (Å²) in [7, 11) is 0. The van der Waals surface area contributed by atoms with Crippen LogP contribution in [0.3, 0.4) is 0 Å². The first kappa shape index (κ1) is 16.4. The van der Waals surface area contributed by atoms with E-state index in [-0.39, 0.29) is 5.56 Å². The summed E-state index contributed by atoms with van der Waals surface area (Å²) in [6, 6.07) is 17.7. The molecule has 1 saturated carbocycles. The third-order valence-electron chi connectivity index (χ3n) is 5.92. The Kier molecular flexibility index (Phi) is 3.53. The van der Waals surface area contributed by atoms with E-state index in [2.05, 4.69) is 4.57 Å². The second-order valence-corrected chi connectivity index (χ2v) is 7.65. The highest BCUT2D eigenvalue weighted by Crippen LogP contribution is 2.36. The molecule has 6 heteroatoms. The first-order valence-electron chi connectivity index (χ1n) is 10.0. The van der Waals surface area contributed by atoms with E-state index in [0.717, 1.165) is 35.2 Å². The molecule has 1 aliphatic carbocycles. The van der Waals surface area contributed by atoms with E-state index in [1.165, 1.54) is 12.8 Å². The first-order valence-corrected chi connectivity index (χ1v) is 10.0. The van der Waals surface area contributed by atoms with Crippen molar-refractivity contribution < 1.29 is 0 Å². The maximum atomic E-state index is 13.5. The van der Waals surface area contributed by atoms with E-state index in [1.54, 1.807) is 10.9 Å². The van der Waals surface area contributed by atoms with Gasteiger partial charge in [-0.25, -0.2) is 15.0 Å². The van der Waals surface area contributed by atoms with Gasteiger partial charge in [-0.15, -0.1) is 0 Å². The van der Waals surface area contributed by atoms with Crippen LogP contribution in [0.4, 0.5) is 0 Å². The molecule has 5 aromatic rings. The molecule has 0 atom stereocenters. The Morgan fingerprint density at radius 1 is 0.828 bits per heavy atom. The van der Waals surface area contributed by atoms with Crippen molar-refractivity contribution in [2.24, 2.45) is 0 Å². The number of rotatable bonds is 2. The molecule has 0 N–H and O–H groups in total. The molecule has 2 aromatic carbocycles. The largest absolute Gasteiger partial charge is 0.305 e. The van der Waals surface area contributed by atoms with Gasteiger partial charge in [-0.1, -0.05) is 43.2 Å². The Bertz CT molecular complexity index is 1430. The van der Waals surface area contributed by atoms with E-state index in [9.17, 15) is 4.79 Å². The molecule has 6 nitrogen and oxygen atoms in total. The van der Waals surface area contributed by atoms with Crippen molar-refractivity contribution in [3.8, 4) is 5.69 Å². The monoisotopic (exact) mass is 381 g/mol. The van der Waals surface area contributed by atoms with Crippen LogP contribution in [-0.4, -0.2) is 24.1 Å². The van der Waals surface area contributed by atoms with Crippen LogP contribution in [0.15, 0.2) is 65.7 Å². The molecular formula is C23H19N5O. The number of nitrogens with zero attached hydrogens (tertiary/aromatic N) is 5. The quantitative estimate of drug-likeness (QED) is 0.455. The fourth-order valence-electron chi connectivity index (χ4n) is 4.54. The molecule has 6 rings (SSSR count). The van der Waals surface area contributed by atoms with Gasteiger partial charge in [-0.05, 0) is 37.1 Å². The van der Waals surface area contributed by atoms with E-state index < -0.39 is 0 Å². The van der Waals surface area contributed by atoms with Crippen LogP contribution in [0.5, 0.6) is 0 Å². The Hall–Kier alpha value is -3.54. The standard InChI is InChI=1S/C23H19N5O/c29-23-19-20-22(26-18-13-7-6-12-17(18)25-20)28(16-10-4-5-11-16)21(19)24-14-27(23)15-8-2-1-3-9-15/h1-3,6-9,12-14,16H,4-5,10-11H2. The van der Waals surface area contributed by atoms with E-state index in [4.69, 9.17) is 15.0 Å². The number of benzene rings is 2. The third kappa shape index (κ3) is 2.42. The minimum Gasteiger partial charge on any atom is -0.305 e. The SMILES string of the molecule is O=c1c2c3nc4ccccc4nc3n(C3CCCC3)c2ncn1-c1ccccc1. The lowest BCUT2D eigenvalue weighted by molar-refractivity contribution is 0.543. The van der Waals surface area contributed by atoms with Gasteiger partial charge in [-0.2, -0.15) is 0 Å². The predicted molar refractivity (Wildman–Crippen MR) is 113 cm³/mol. The molecule has 0 amide bonds. The smallest absolute Gasteiger partial charge is 0.269 e. The molecule has 0 saturated heterocycles. The lowest BCUT2D eigenvalue weighted by Gasteiger charge is -2.14. The average Bonchev–Trinajstić information content (AvgIpc) is 3.39. The fraction of sp³-hybridized carbons (Fsp3) is 0.217. The van der Waals surface area contributed by atoms with Gasteiger partial charge in [0.1, 0.15) is 17.2 Å². The predicted octanol–water partition coefficient (Wildman–Crippen LogP) is 4.40. The van der Waals surface area contributed by atoms with Crippen LogP contribution in [0.2, 0.25) is 0 Å². The summed E-state index contributed by atoms with van der Waals surface area (Å²) < 4.78 is 3.76. The second-order valence-electron chi connectivity index (χ2n) is 7.65. The molecule has 29 heavy (non-hydrogen) atoms. The zero-order valence-corrected chi connectivity index (χ0v) is 15.8. The molecule has 3 aromatic heterocycles. The third-order valence-corrected chi connectivity index (χ3v) is 5.92. The lowest BCUT2D eigenvalue weighted by atomic mass is 10.2. The molecule has 0 bridgehead atoms. The second kappa shape index (κ2) is 6.24. The van der Waals surface area contributed by atoms with Crippen LogP contribution >= 0.6 is 0 Å². The summed E-state index contributed by atoms with van der Waals surface area (Å²) in [5.41, 5.74) is 4.43. The zero-order chi connectivity index (χ0) is 19.4. The van der Waals surface area contributed by atoms with Crippen LogP contribution in [0.1, 0.15) is 31.7 Å². The summed E-state index contributed by atoms with van der Waals surface area (Å²) >= 11 is 0. The summed E-state index contributed by atoms with van der Waals surface area (Å²) in [6.07, 6.45) is 6.17. The van der Waals surface area contributed by atoms with Crippen molar-refractivity contribution in [3.63, 3.8) is 0 Å². The van der Waals surface area contributed by atoms with Crippen LogP contribution in [0, 0.1) is 0 Å². The minimum absolute atomic E-state index is 0.104. The zero-order valence-electron chi connectivity index (χ0n) is 15.8. The fourth-order valence-corrected chi connectivity index (χ4v) is 4.54. The Labute approximate surface area is 166 Å². The van der Waals surface area contributed by atoms with Gasteiger partial charge < -0.3 is 4.57 Å². The molecule has 0 spiro atoms. The van der Waals surface area contributed by atoms with Crippen molar-refractivity contribution in [1.82, 2.24) is 24.1 Å². The Balaban J connectivity index is 1.76. The van der Waals surface area contributed by atoms with Crippen molar-refractivity contribution in [2.75, 3.05) is 0 Å². The first-order chi connectivity index (χ1) is 14.3. The Morgan fingerprint density at radius 2 is 1.52 bits per heavy atom. The molecule has 1 fully saturated rings. The molecule has 1 aliphatic rings.